The number of nitrogens with zero attached hydrogens (tertiary/aromatic N) is 2. The molecule has 8 heteroatoms. The van der Waals surface area contributed by atoms with Gasteiger partial charge < -0.3 is 9.30 Å². The first-order valence-corrected chi connectivity index (χ1v) is 8.35. The molecular formula is C18H13BrN2O5. The Hall–Kier alpha value is -3.00. The summed E-state index contributed by atoms with van der Waals surface area (Å²) in [5.41, 5.74) is 0.196. The normalized spacial score (nSPS) is 10.7. The molecule has 0 N–H and O–H groups in total. The van der Waals surface area contributed by atoms with E-state index in [0.717, 1.165) is 17.1 Å². The summed E-state index contributed by atoms with van der Waals surface area (Å²) in [6.45, 7) is 0.161. The molecule has 3 aromatic rings. The number of benzene rings is 2. The molecular weight excluding hydrogens is 404 g/mol. The van der Waals surface area contributed by atoms with Gasteiger partial charge >= 0.3 is 5.97 Å². The molecule has 1 heterocycles. The Balaban J connectivity index is 2.31. The van der Waals surface area contributed by atoms with Gasteiger partial charge in [-0.25, -0.2) is 4.79 Å². The largest absolute Gasteiger partial charge is 0.465 e. The first-order valence-electron chi connectivity index (χ1n) is 7.56. The fraction of sp³-hybridized carbons (Fsp3) is 0.111. The first kappa shape index (κ1) is 17.8. The van der Waals surface area contributed by atoms with Crippen LogP contribution in [-0.2, 0) is 11.3 Å². The van der Waals surface area contributed by atoms with Gasteiger partial charge in [-0.15, -0.1) is 0 Å². The number of methoxy groups -OCH3 is 1. The Labute approximate surface area is 156 Å². The van der Waals surface area contributed by atoms with Crippen LogP contribution in [0.4, 0.5) is 5.69 Å². The summed E-state index contributed by atoms with van der Waals surface area (Å²) in [4.78, 5) is 35.6. The second-order valence-electron chi connectivity index (χ2n) is 5.53. The van der Waals surface area contributed by atoms with Crippen LogP contribution in [0.2, 0.25) is 0 Å². The number of carbonyl (C=O) groups is 1. The molecule has 0 amide bonds. The van der Waals surface area contributed by atoms with Crippen LogP contribution in [0.5, 0.6) is 0 Å². The number of carbonyl (C=O) groups excluding carboxylic acids is 1. The number of rotatable bonds is 4. The number of fused-ring (bicyclic) bond motifs is 1. The Morgan fingerprint density at radius 1 is 1.23 bits per heavy atom. The molecule has 0 bridgehead atoms. The van der Waals surface area contributed by atoms with Crippen molar-refractivity contribution in [2.45, 2.75) is 6.54 Å². The molecule has 2 aromatic carbocycles. The van der Waals surface area contributed by atoms with E-state index in [1.165, 1.54) is 22.8 Å². The molecule has 132 valence electrons. The van der Waals surface area contributed by atoms with E-state index in [1.54, 1.807) is 6.07 Å². The molecule has 1 aromatic heterocycles. The third-order valence-electron chi connectivity index (χ3n) is 3.97. The monoisotopic (exact) mass is 416 g/mol. The Bertz CT molecular complexity index is 1070. The number of nitro groups is 1. The number of non-ortho nitro benzene ring substituents is 1. The molecule has 0 spiro atoms. The topological polar surface area (TPSA) is 91.4 Å². The van der Waals surface area contributed by atoms with Gasteiger partial charge in [0, 0.05) is 10.5 Å². The van der Waals surface area contributed by atoms with E-state index in [9.17, 15) is 19.7 Å². The zero-order chi connectivity index (χ0) is 18.8. The molecule has 0 saturated carbocycles. The molecule has 0 fully saturated rings. The third kappa shape index (κ3) is 3.23. The minimum Gasteiger partial charge on any atom is -0.465 e. The molecule has 26 heavy (non-hydrogen) atoms. The van der Waals surface area contributed by atoms with Gasteiger partial charge in [0.25, 0.3) is 11.2 Å². The lowest BCUT2D eigenvalue weighted by atomic mass is 10.1. The minimum absolute atomic E-state index is 0.161. The fourth-order valence-electron chi connectivity index (χ4n) is 2.73. The van der Waals surface area contributed by atoms with Gasteiger partial charge in [-0.1, -0.05) is 34.1 Å². The third-order valence-corrected chi connectivity index (χ3v) is 4.50. The van der Waals surface area contributed by atoms with Gasteiger partial charge in [0.15, 0.2) is 0 Å². The average Bonchev–Trinajstić information content (AvgIpc) is 2.64. The second kappa shape index (κ2) is 7.09. The van der Waals surface area contributed by atoms with E-state index in [0.29, 0.717) is 5.52 Å². The first-order chi connectivity index (χ1) is 12.4. The van der Waals surface area contributed by atoms with Crippen molar-refractivity contribution in [3.05, 3.63) is 84.6 Å². The fourth-order valence-corrected chi connectivity index (χ4v) is 2.99. The van der Waals surface area contributed by atoms with Crippen LogP contribution in [0.3, 0.4) is 0 Å². The molecule has 0 radical (unpaired) electrons. The highest BCUT2D eigenvalue weighted by molar-refractivity contribution is 9.10. The maximum Gasteiger partial charge on any atom is 0.343 e. The quantitative estimate of drug-likeness (QED) is 0.368. The molecule has 0 atom stereocenters. The number of pyridine rings is 1. The van der Waals surface area contributed by atoms with E-state index in [2.05, 4.69) is 20.7 Å². The van der Waals surface area contributed by atoms with Crippen LogP contribution in [0, 0.1) is 10.1 Å². The molecule has 0 aliphatic rings. The van der Waals surface area contributed by atoms with Crippen molar-refractivity contribution in [3.63, 3.8) is 0 Å². The number of hydrogen-bond acceptors (Lipinski definition) is 5. The SMILES string of the molecule is COC(=O)c1cc2c([N+](=O)[O-])cccc2n(Cc2ccc(Br)cc2)c1=O. The van der Waals surface area contributed by atoms with Crippen molar-refractivity contribution in [1.82, 2.24) is 4.57 Å². The van der Waals surface area contributed by atoms with Crippen LogP contribution in [0.25, 0.3) is 10.9 Å². The maximum absolute atomic E-state index is 12.8. The Morgan fingerprint density at radius 3 is 2.54 bits per heavy atom. The summed E-state index contributed by atoms with van der Waals surface area (Å²) in [6.07, 6.45) is 0. The van der Waals surface area contributed by atoms with Crippen molar-refractivity contribution in [3.8, 4) is 0 Å². The van der Waals surface area contributed by atoms with Crippen LogP contribution in [0.15, 0.2) is 57.8 Å². The summed E-state index contributed by atoms with van der Waals surface area (Å²) in [6, 6.07) is 13.0. The number of halogens is 1. The molecule has 0 saturated heterocycles. The summed E-state index contributed by atoms with van der Waals surface area (Å²) < 4.78 is 6.89. The number of nitro benzene ring substituents is 1. The maximum atomic E-state index is 12.8. The summed E-state index contributed by atoms with van der Waals surface area (Å²) >= 11 is 3.35. The Kier molecular flexibility index (Phi) is 4.85. The summed E-state index contributed by atoms with van der Waals surface area (Å²) in [7, 11) is 1.16. The van der Waals surface area contributed by atoms with Gasteiger partial charge in [-0.3, -0.25) is 14.9 Å². The van der Waals surface area contributed by atoms with Gasteiger partial charge in [0.1, 0.15) is 5.56 Å². The average molecular weight is 417 g/mol. The van der Waals surface area contributed by atoms with E-state index >= 15 is 0 Å². The zero-order valence-electron chi connectivity index (χ0n) is 13.6. The smallest absolute Gasteiger partial charge is 0.343 e. The van der Waals surface area contributed by atoms with Crippen molar-refractivity contribution >= 4 is 38.5 Å². The second-order valence-corrected chi connectivity index (χ2v) is 6.45. The van der Waals surface area contributed by atoms with E-state index in [1.807, 2.05) is 24.3 Å². The number of hydrogen-bond donors (Lipinski definition) is 0. The standard InChI is InChI=1S/C18H13BrN2O5/c1-26-18(23)14-9-13-15(3-2-4-16(13)21(24)25)20(17(14)22)10-11-5-7-12(19)8-6-11/h2-9H,10H2,1H3. The molecule has 0 unspecified atom stereocenters. The van der Waals surface area contributed by atoms with Crippen LogP contribution < -0.4 is 5.56 Å². The van der Waals surface area contributed by atoms with Crippen molar-refractivity contribution in [2.24, 2.45) is 0 Å². The molecule has 0 aliphatic heterocycles. The van der Waals surface area contributed by atoms with Crippen molar-refractivity contribution in [2.75, 3.05) is 7.11 Å². The highest BCUT2D eigenvalue weighted by Crippen LogP contribution is 2.26. The predicted molar refractivity (Wildman–Crippen MR) is 99.4 cm³/mol. The summed E-state index contributed by atoms with van der Waals surface area (Å²) in [5.74, 6) is -0.834. The van der Waals surface area contributed by atoms with E-state index < -0.39 is 16.5 Å². The van der Waals surface area contributed by atoms with Crippen LogP contribution in [0.1, 0.15) is 15.9 Å². The number of ether oxygens (including phenoxy) is 1. The predicted octanol–water partition coefficient (Wildman–Crippen LogP) is 3.51. The van der Waals surface area contributed by atoms with Crippen molar-refractivity contribution < 1.29 is 14.5 Å². The van der Waals surface area contributed by atoms with Gasteiger partial charge in [-0.2, -0.15) is 0 Å². The van der Waals surface area contributed by atoms with Gasteiger partial charge in [0.05, 0.1) is 29.5 Å². The lowest BCUT2D eigenvalue weighted by Crippen LogP contribution is -2.28. The van der Waals surface area contributed by atoms with E-state index in [-0.39, 0.29) is 23.2 Å². The molecule has 3 rings (SSSR count). The highest BCUT2D eigenvalue weighted by Gasteiger charge is 2.21. The lowest BCUT2D eigenvalue weighted by Gasteiger charge is -2.13. The highest BCUT2D eigenvalue weighted by atomic mass is 79.9. The van der Waals surface area contributed by atoms with Gasteiger partial charge in [-0.05, 0) is 29.8 Å². The lowest BCUT2D eigenvalue weighted by molar-refractivity contribution is -0.383. The van der Waals surface area contributed by atoms with Crippen LogP contribution >= 0.6 is 15.9 Å². The number of aromatic nitrogens is 1. The number of esters is 1. The van der Waals surface area contributed by atoms with Crippen LogP contribution in [-0.4, -0.2) is 22.6 Å². The van der Waals surface area contributed by atoms with E-state index in [4.69, 9.17) is 0 Å². The summed E-state index contributed by atoms with van der Waals surface area (Å²) in [5, 5.41) is 11.6. The Morgan fingerprint density at radius 2 is 1.92 bits per heavy atom. The minimum atomic E-state index is -0.834. The molecule has 0 aliphatic carbocycles. The zero-order valence-corrected chi connectivity index (χ0v) is 15.2. The molecule has 7 nitrogen and oxygen atoms in total. The van der Waals surface area contributed by atoms with Crippen molar-refractivity contribution in [1.29, 1.82) is 0 Å². The van der Waals surface area contributed by atoms with Gasteiger partial charge in [0.2, 0.25) is 0 Å².